The van der Waals surface area contributed by atoms with Gasteiger partial charge >= 0.3 is 0 Å². The molecule has 9 heteroatoms. The van der Waals surface area contributed by atoms with Crippen LogP contribution >= 0.6 is 0 Å². The third-order valence-electron chi connectivity index (χ3n) is 5.36. The van der Waals surface area contributed by atoms with Crippen LogP contribution in [0.2, 0.25) is 0 Å². The number of amides is 2. The molecule has 0 aliphatic carbocycles. The molecule has 1 atom stereocenters. The minimum atomic E-state index is -3.60. The molecule has 1 aliphatic heterocycles. The van der Waals surface area contributed by atoms with Crippen LogP contribution in [0.3, 0.4) is 0 Å². The van der Waals surface area contributed by atoms with Gasteiger partial charge in [0.25, 0.3) is 0 Å². The van der Waals surface area contributed by atoms with Crippen molar-refractivity contribution in [3.05, 3.63) is 54.1 Å². The molecule has 0 aromatic heterocycles. The summed E-state index contributed by atoms with van der Waals surface area (Å²) < 4.78 is 32.5. The number of ether oxygens (including phenoxy) is 1. The van der Waals surface area contributed by atoms with E-state index < -0.39 is 16.1 Å². The maximum atomic E-state index is 12.9. The summed E-state index contributed by atoms with van der Waals surface area (Å²) in [4.78, 5) is 24.5. The van der Waals surface area contributed by atoms with E-state index in [9.17, 15) is 18.0 Å². The molecule has 0 bridgehead atoms. The van der Waals surface area contributed by atoms with E-state index in [1.165, 1.54) is 23.4 Å². The van der Waals surface area contributed by atoms with Crippen molar-refractivity contribution in [1.82, 2.24) is 9.62 Å². The van der Waals surface area contributed by atoms with E-state index in [1.807, 2.05) is 0 Å². The van der Waals surface area contributed by atoms with Crippen molar-refractivity contribution in [3.8, 4) is 5.75 Å². The third-order valence-corrected chi connectivity index (χ3v) is 7.25. The summed E-state index contributed by atoms with van der Waals surface area (Å²) in [6.45, 7) is 2.42. The second kappa shape index (κ2) is 10.6. The zero-order chi connectivity index (χ0) is 23.1. The molecular formula is C23H29N3O5S. The highest BCUT2D eigenvalue weighted by atomic mass is 32.2. The lowest BCUT2D eigenvalue weighted by atomic mass is 10.0. The quantitative estimate of drug-likeness (QED) is 0.631. The number of benzene rings is 2. The average molecular weight is 460 g/mol. The Morgan fingerprint density at radius 3 is 2.38 bits per heavy atom. The van der Waals surface area contributed by atoms with Gasteiger partial charge in [0, 0.05) is 25.7 Å². The van der Waals surface area contributed by atoms with Crippen molar-refractivity contribution >= 4 is 27.5 Å². The maximum Gasteiger partial charge on any atom is 0.243 e. The van der Waals surface area contributed by atoms with Crippen LogP contribution in [0.25, 0.3) is 0 Å². The van der Waals surface area contributed by atoms with E-state index in [4.69, 9.17) is 4.74 Å². The number of piperidine rings is 1. The molecule has 0 spiro atoms. The van der Waals surface area contributed by atoms with Crippen molar-refractivity contribution in [2.24, 2.45) is 0 Å². The predicted octanol–water partition coefficient (Wildman–Crippen LogP) is 3.08. The van der Waals surface area contributed by atoms with Crippen LogP contribution in [-0.2, 0) is 19.6 Å². The van der Waals surface area contributed by atoms with Crippen LogP contribution < -0.4 is 15.4 Å². The van der Waals surface area contributed by atoms with E-state index in [0.717, 1.165) is 24.8 Å². The number of carbonyl (C=O) groups excluding carboxylic acids is 2. The Hall–Kier alpha value is -2.91. The van der Waals surface area contributed by atoms with Gasteiger partial charge in [-0.1, -0.05) is 24.6 Å². The molecule has 2 N–H and O–H groups in total. The van der Waals surface area contributed by atoms with Gasteiger partial charge in [-0.15, -0.1) is 0 Å². The second-order valence-electron chi connectivity index (χ2n) is 7.77. The Bertz CT molecular complexity index is 1050. The summed E-state index contributed by atoms with van der Waals surface area (Å²) in [6.07, 6.45) is 2.73. The van der Waals surface area contributed by atoms with Gasteiger partial charge in [-0.3, -0.25) is 9.59 Å². The maximum absolute atomic E-state index is 12.9. The molecule has 1 heterocycles. The number of nitrogens with zero attached hydrogens (tertiary/aromatic N) is 1. The first-order valence-corrected chi connectivity index (χ1v) is 12.0. The Morgan fingerprint density at radius 1 is 1.06 bits per heavy atom. The number of nitrogens with one attached hydrogen (secondary N) is 2. The Kier molecular flexibility index (Phi) is 7.87. The zero-order valence-corrected chi connectivity index (χ0v) is 19.2. The van der Waals surface area contributed by atoms with E-state index in [2.05, 4.69) is 10.6 Å². The van der Waals surface area contributed by atoms with Crippen LogP contribution in [0, 0.1) is 0 Å². The Morgan fingerprint density at radius 2 is 1.75 bits per heavy atom. The highest BCUT2D eigenvalue weighted by Crippen LogP contribution is 2.24. The van der Waals surface area contributed by atoms with Gasteiger partial charge in [0.15, 0.2) is 0 Å². The van der Waals surface area contributed by atoms with Gasteiger partial charge in [0.1, 0.15) is 5.75 Å². The van der Waals surface area contributed by atoms with Crippen molar-refractivity contribution < 1.29 is 22.7 Å². The number of methoxy groups -OCH3 is 1. The van der Waals surface area contributed by atoms with Crippen LogP contribution in [0.1, 0.15) is 44.2 Å². The molecule has 1 fully saturated rings. The summed E-state index contributed by atoms with van der Waals surface area (Å²) in [5, 5.41) is 5.54. The lowest BCUT2D eigenvalue weighted by Gasteiger charge is -2.26. The van der Waals surface area contributed by atoms with Crippen molar-refractivity contribution in [1.29, 1.82) is 0 Å². The standard InChI is InChI=1S/C23H29N3O5S/c1-17(27)24-22(18-9-11-20(31-2)12-10-18)16-23(28)25-19-7-6-8-21(15-19)32(29,30)26-13-4-3-5-14-26/h6-12,15,22H,3-5,13-14,16H2,1-2H3,(H,24,27)(H,25,28). The minimum absolute atomic E-state index is 0.00495. The van der Waals surface area contributed by atoms with Gasteiger partial charge in [-0.25, -0.2) is 8.42 Å². The number of sulfonamides is 1. The molecule has 2 aromatic carbocycles. The van der Waals surface area contributed by atoms with Gasteiger partial charge < -0.3 is 15.4 Å². The molecule has 3 rings (SSSR count). The number of hydrogen-bond acceptors (Lipinski definition) is 5. The first-order valence-electron chi connectivity index (χ1n) is 10.6. The number of rotatable bonds is 8. The van der Waals surface area contributed by atoms with Gasteiger partial charge in [0.2, 0.25) is 21.8 Å². The summed E-state index contributed by atoms with van der Waals surface area (Å²) in [6, 6.07) is 12.8. The fourth-order valence-electron chi connectivity index (χ4n) is 3.72. The third kappa shape index (κ3) is 6.08. The molecule has 1 aliphatic rings. The van der Waals surface area contributed by atoms with Crippen LogP contribution in [-0.4, -0.2) is 44.7 Å². The molecule has 1 unspecified atom stereocenters. The summed E-state index contributed by atoms with van der Waals surface area (Å²) in [7, 11) is -2.03. The smallest absolute Gasteiger partial charge is 0.243 e. The molecule has 2 amide bonds. The number of carbonyl (C=O) groups is 2. The molecular weight excluding hydrogens is 430 g/mol. The SMILES string of the molecule is COc1ccc(C(CC(=O)Nc2cccc(S(=O)(=O)N3CCCCC3)c2)NC(C)=O)cc1. The van der Waals surface area contributed by atoms with E-state index in [0.29, 0.717) is 24.5 Å². The monoisotopic (exact) mass is 459 g/mol. The van der Waals surface area contributed by atoms with Crippen LogP contribution in [0.4, 0.5) is 5.69 Å². The second-order valence-corrected chi connectivity index (χ2v) is 9.71. The molecule has 32 heavy (non-hydrogen) atoms. The first kappa shape index (κ1) is 23.7. The fraction of sp³-hybridized carbons (Fsp3) is 0.391. The molecule has 2 aromatic rings. The normalized spacial score (nSPS) is 15.6. The molecule has 8 nitrogen and oxygen atoms in total. The summed E-state index contributed by atoms with van der Waals surface area (Å²) in [5.74, 6) is 0.0758. The van der Waals surface area contributed by atoms with E-state index in [1.54, 1.807) is 43.5 Å². The first-order chi connectivity index (χ1) is 15.3. The lowest BCUT2D eigenvalue weighted by Crippen LogP contribution is -2.35. The molecule has 1 saturated heterocycles. The van der Waals surface area contributed by atoms with Crippen LogP contribution in [0.15, 0.2) is 53.4 Å². The highest BCUT2D eigenvalue weighted by molar-refractivity contribution is 7.89. The predicted molar refractivity (Wildman–Crippen MR) is 122 cm³/mol. The zero-order valence-electron chi connectivity index (χ0n) is 18.3. The van der Waals surface area contributed by atoms with E-state index in [-0.39, 0.29) is 23.1 Å². The van der Waals surface area contributed by atoms with Gasteiger partial charge in [-0.05, 0) is 48.7 Å². The summed E-state index contributed by atoms with van der Waals surface area (Å²) in [5.41, 5.74) is 1.15. The number of hydrogen-bond donors (Lipinski definition) is 2. The Labute approximate surface area is 189 Å². The largest absolute Gasteiger partial charge is 0.497 e. The fourth-order valence-corrected chi connectivity index (χ4v) is 5.28. The molecule has 172 valence electrons. The van der Waals surface area contributed by atoms with Gasteiger partial charge in [0.05, 0.1) is 24.5 Å². The Balaban J connectivity index is 1.72. The van der Waals surface area contributed by atoms with Crippen molar-refractivity contribution in [3.63, 3.8) is 0 Å². The highest BCUT2D eigenvalue weighted by Gasteiger charge is 2.26. The average Bonchev–Trinajstić information content (AvgIpc) is 2.79. The van der Waals surface area contributed by atoms with E-state index >= 15 is 0 Å². The van der Waals surface area contributed by atoms with Crippen LogP contribution in [0.5, 0.6) is 5.75 Å². The van der Waals surface area contributed by atoms with Gasteiger partial charge in [-0.2, -0.15) is 4.31 Å². The topological polar surface area (TPSA) is 105 Å². The number of anilines is 1. The summed E-state index contributed by atoms with van der Waals surface area (Å²) >= 11 is 0. The molecule has 0 radical (unpaired) electrons. The molecule has 0 saturated carbocycles. The van der Waals surface area contributed by atoms with Crippen molar-refractivity contribution in [2.45, 2.75) is 43.5 Å². The lowest BCUT2D eigenvalue weighted by molar-refractivity contribution is -0.120. The van der Waals surface area contributed by atoms with Crippen molar-refractivity contribution in [2.75, 3.05) is 25.5 Å². The minimum Gasteiger partial charge on any atom is -0.497 e.